The Morgan fingerprint density at radius 2 is 2.17 bits per heavy atom. The second-order valence-corrected chi connectivity index (χ2v) is 4.22. The lowest BCUT2D eigenvalue weighted by Crippen LogP contribution is -2.30. The molecule has 0 bridgehead atoms. The minimum absolute atomic E-state index is 0.0334. The van der Waals surface area contributed by atoms with Gasteiger partial charge in [-0.15, -0.1) is 5.10 Å². The number of methoxy groups -OCH3 is 1. The Labute approximate surface area is 107 Å². The summed E-state index contributed by atoms with van der Waals surface area (Å²) < 4.78 is 10.5. The first kappa shape index (κ1) is 14.9. The number of hydrogen-bond donors (Lipinski definition) is 2. The number of rotatable bonds is 9. The lowest BCUT2D eigenvalue weighted by molar-refractivity contribution is 0.201. The van der Waals surface area contributed by atoms with Crippen LogP contribution in [-0.2, 0) is 11.3 Å². The molecule has 1 aromatic rings. The maximum Gasteiger partial charge on any atom is 0.318 e. The lowest BCUT2D eigenvalue weighted by Gasteiger charge is -2.17. The molecule has 0 aliphatic heterocycles. The van der Waals surface area contributed by atoms with Gasteiger partial charge >= 0.3 is 6.01 Å². The molecule has 0 fully saturated rings. The highest BCUT2D eigenvalue weighted by Gasteiger charge is 2.13. The molecule has 104 valence electrons. The van der Waals surface area contributed by atoms with E-state index >= 15 is 0 Å². The Bertz CT molecular complexity index is 330. The Morgan fingerprint density at radius 1 is 1.39 bits per heavy atom. The number of aliphatic hydroxyl groups excluding tert-OH is 1. The van der Waals surface area contributed by atoms with E-state index in [1.165, 1.54) is 0 Å². The van der Waals surface area contributed by atoms with E-state index in [-0.39, 0.29) is 6.61 Å². The average molecular weight is 258 g/mol. The van der Waals surface area contributed by atoms with E-state index < -0.39 is 0 Å². The van der Waals surface area contributed by atoms with Gasteiger partial charge in [-0.1, -0.05) is 18.9 Å². The molecule has 0 aromatic carbocycles. The van der Waals surface area contributed by atoms with Gasteiger partial charge in [0, 0.05) is 26.2 Å². The summed E-state index contributed by atoms with van der Waals surface area (Å²) in [6.07, 6.45) is 0. The summed E-state index contributed by atoms with van der Waals surface area (Å²) in [5.41, 5.74) is 0. The molecule has 1 rings (SSSR count). The number of ether oxygens (including phenoxy) is 1. The minimum Gasteiger partial charge on any atom is -0.407 e. The molecular formula is C11H22N4O3. The van der Waals surface area contributed by atoms with Crippen molar-refractivity contribution in [3.63, 3.8) is 0 Å². The molecule has 0 unspecified atom stereocenters. The standard InChI is InChI=1S/C11H22N4O3/c1-9(2)12-8-10-13-14-11(18-10)15(4-6-16)5-7-17-3/h9,12,16H,4-8H2,1-3H3. The fourth-order valence-electron chi connectivity index (χ4n) is 1.36. The highest BCUT2D eigenvalue weighted by Crippen LogP contribution is 2.11. The third kappa shape index (κ3) is 4.99. The molecule has 0 aliphatic carbocycles. The van der Waals surface area contributed by atoms with Gasteiger partial charge in [0.25, 0.3) is 0 Å². The van der Waals surface area contributed by atoms with Crippen molar-refractivity contribution in [3.05, 3.63) is 5.89 Å². The van der Waals surface area contributed by atoms with Crippen LogP contribution >= 0.6 is 0 Å². The molecule has 18 heavy (non-hydrogen) atoms. The average Bonchev–Trinajstić information content (AvgIpc) is 2.80. The van der Waals surface area contributed by atoms with Crippen LogP contribution < -0.4 is 10.2 Å². The van der Waals surface area contributed by atoms with Crippen LogP contribution in [0, 0.1) is 0 Å². The summed E-state index contributed by atoms with van der Waals surface area (Å²) in [5, 5.41) is 20.1. The molecule has 7 heteroatoms. The Kier molecular flexibility index (Phi) is 6.63. The molecule has 7 nitrogen and oxygen atoms in total. The summed E-state index contributed by atoms with van der Waals surface area (Å²) in [7, 11) is 1.63. The first-order valence-electron chi connectivity index (χ1n) is 6.08. The van der Waals surface area contributed by atoms with Gasteiger partial charge in [-0.3, -0.25) is 0 Å². The highest BCUT2D eigenvalue weighted by molar-refractivity contribution is 5.23. The first-order chi connectivity index (χ1) is 8.67. The zero-order chi connectivity index (χ0) is 13.4. The fraction of sp³-hybridized carbons (Fsp3) is 0.818. The van der Waals surface area contributed by atoms with E-state index in [4.69, 9.17) is 14.3 Å². The van der Waals surface area contributed by atoms with Crippen LogP contribution in [0.3, 0.4) is 0 Å². The molecule has 0 radical (unpaired) electrons. The normalized spacial score (nSPS) is 11.2. The molecular weight excluding hydrogens is 236 g/mol. The first-order valence-corrected chi connectivity index (χ1v) is 6.08. The summed E-state index contributed by atoms with van der Waals surface area (Å²) in [6, 6.07) is 0.782. The van der Waals surface area contributed by atoms with Crippen molar-refractivity contribution >= 4 is 6.01 Å². The minimum atomic E-state index is 0.0334. The third-order valence-electron chi connectivity index (χ3n) is 2.32. The monoisotopic (exact) mass is 258 g/mol. The van der Waals surface area contributed by atoms with Crippen molar-refractivity contribution in [1.82, 2.24) is 15.5 Å². The van der Waals surface area contributed by atoms with Gasteiger partial charge in [0.15, 0.2) is 0 Å². The largest absolute Gasteiger partial charge is 0.407 e. The van der Waals surface area contributed by atoms with Crippen molar-refractivity contribution < 1.29 is 14.3 Å². The van der Waals surface area contributed by atoms with E-state index in [0.29, 0.717) is 44.2 Å². The number of anilines is 1. The van der Waals surface area contributed by atoms with Crippen LogP contribution in [0.5, 0.6) is 0 Å². The quantitative estimate of drug-likeness (QED) is 0.645. The fourth-order valence-corrected chi connectivity index (χ4v) is 1.36. The summed E-state index contributed by atoms with van der Waals surface area (Å²) in [5.74, 6) is 0.541. The third-order valence-corrected chi connectivity index (χ3v) is 2.32. The number of hydrogen-bond acceptors (Lipinski definition) is 7. The number of nitrogens with one attached hydrogen (secondary N) is 1. The van der Waals surface area contributed by atoms with Gasteiger partial charge in [-0.25, -0.2) is 0 Å². The van der Waals surface area contributed by atoms with Crippen LogP contribution in [0.15, 0.2) is 4.42 Å². The molecule has 0 atom stereocenters. The van der Waals surface area contributed by atoms with Crippen LogP contribution in [0.1, 0.15) is 19.7 Å². The van der Waals surface area contributed by atoms with Gasteiger partial charge in [0.05, 0.1) is 19.8 Å². The number of aromatic nitrogens is 2. The van der Waals surface area contributed by atoms with Crippen molar-refractivity contribution in [2.45, 2.75) is 26.4 Å². The van der Waals surface area contributed by atoms with E-state index in [9.17, 15) is 0 Å². The van der Waals surface area contributed by atoms with Crippen molar-refractivity contribution in [1.29, 1.82) is 0 Å². The van der Waals surface area contributed by atoms with Crippen molar-refractivity contribution in [2.75, 3.05) is 38.3 Å². The van der Waals surface area contributed by atoms with E-state index in [1.54, 1.807) is 12.0 Å². The predicted molar refractivity (Wildman–Crippen MR) is 67.4 cm³/mol. The van der Waals surface area contributed by atoms with Gasteiger partial charge in [0.1, 0.15) is 0 Å². The second-order valence-electron chi connectivity index (χ2n) is 4.22. The van der Waals surface area contributed by atoms with Crippen molar-refractivity contribution in [2.24, 2.45) is 0 Å². The molecule has 0 aliphatic rings. The van der Waals surface area contributed by atoms with Gasteiger partial charge < -0.3 is 24.5 Å². The molecule has 0 amide bonds. The Morgan fingerprint density at radius 3 is 2.78 bits per heavy atom. The smallest absolute Gasteiger partial charge is 0.318 e. The van der Waals surface area contributed by atoms with Crippen LogP contribution in [0.2, 0.25) is 0 Å². The molecule has 0 spiro atoms. The van der Waals surface area contributed by atoms with E-state index in [2.05, 4.69) is 15.5 Å². The van der Waals surface area contributed by atoms with Gasteiger partial charge in [-0.2, -0.15) is 0 Å². The topological polar surface area (TPSA) is 83.7 Å². The lowest BCUT2D eigenvalue weighted by atomic mass is 10.4. The Hall–Kier alpha value is -1.18. The number of nitrogens with zero attached hydrogens (tertiary/aromatic N) is 3. The maximum atomic E-state index is 9.00. The molecule has 2 N–H and O–H groups in total. The summed E-state index contributed by atoms with van der Waals surface area (Å²) in [4.78, 5) is 1.80. The number of aliphatic hydroxyl groups is 1. The van der Waals surface area contributed by atoms with E-state index in [1.807, 2.05) is 13.8 Å². The summed E-state index contributed by atoms with van der Waals surface area (Å²) in [6.45, 7) is 6.27. The van der Waals surface area contributed by atoms with Gasteiger partial charge in [-0.05, 0) is 0 Å². The highest BCUT2D eigenvalue weighted by atomic mass is 16.5. The molecule has 0 saturated carbocycles. The molecule has 1 heterocycles. The van der Waals surface area contributed by atoms with Gasteiger partial charge in [0.2, 0.25) is 5.89 Å². The zero-order valence-electron chi connectivity index (χ0n) is 11.2. The molecule has 0 saturated heterocycles. The zero-order valence-corrected chi connectivity index (χ0v) is 11.2. The van der Waals surface area contributed by atoms with Crippen LogP contribution in [-0.4, -0.2) is 54.8 Å². The Balaban J connectivity index is 2.56. The second kappa shape index (κ2) is 8.02. The van der Waals surface area contributed by atoms with Crippen LogP contribution in [0.25, 0.3) is 0 Å². The van der Waals surface area contributed by atoms with E-state index in [0.717, 1.165) is 0 Å². The molecule has 1 aromatic heterocycles. The predicted octanol–water partition coefficient (Wildman–Crippen LogP) is 0.0127. The van der Waals surface area contributed by atoms with Crippen molar-refractivity contribution in [3.8, 4) is 0 Å². The summed E-state index contributed by atoms with van der Waals surface area (Å²) >= 11 is 0. The SMILES string of the molecule is COCCN(CCO)c1nnc(CNC(C)C)o1. The van der Waals surface area contributed by atoms with Crippen LogP contribution in [0.4, 0.5) is 6.01 Å². The maximum absolute atomic E-state index is 9.00.